The predicted molar refractivity (Wildman–Crippen MR) is 94.9 cm³/mol. The van der Waals surface area contributed by atoms with Gasteiger partial charge in [0.2, 0.25) is 5.91 Å². The van der Waals surface area contributed by atoms with Crippen molar-refractivity contribution in [1.29, 1.82) is 0 Å². The van der Waals surface area contributed by atoms with Crippen LogP contribution >= 0.6 is 12.2 Å². The minimum absolute atomic E-state index is 0.119. The van der Waals surface area contributed by atoms with Gasteiger partial charge in [0, 0.05) is 25.7 Å². The Balaban J connectivity index is 3.31. The first kappa shape index (κ1) is 19.8. The molecule has 0 saturated carbocycles. The molecule has 0 atom stereocenters. The maximum absolute atomic E-state index is 11.6. The fourth-order valence-electron chi connectivity index (χ4n) is 1.90. The molecule has 0 radical (unpaired) electrons. The van der Waals surface area contributed by atoms with Crippen molar-refractivity contribution in [2.75, 3.05) is 13.1 Å². The Morgan fingerprint density at radius 3 is 2.38 bits per heavy atom. The van der Waals surface area contributed by atoms with Gasteiger partial charge in [-0.3, -0.25) is 4.79 Å². The van der Waals surface area contributed by atoms with Gasteiger partial charge in [0.25, 0.3) is 0 Å². The summed E-state index contributed by atoms with van der Waals surface area (Å²) in [6.07, 6.45) is 12.4. The molecule has 0 aromatic rings. The van der Waals surface area contributed by atoms with Crippen molar-refractivity contribution in [1.82, 2.24) is 10.6 Å². The van der Waals surface area contributed by atoms with Gasteiger partial charge in [-0.15, -0.1) is 6.58 Å². The maximum Gasteiger partial charge on any atom is 0.220 e. The van der Waals surface area contributed by atoms with E-state index in [2.05, 4.69) is 22.2 Å². The number of rotatable bonds is 12. The molecule has 21 heavy (non-hydrogen) atoms. The lowest BCUT2D eigenvalue weighted by Gasteiger charge is -2.06. The van der Waals surface area contributed by atoms with Gasteiger partial charge in [0.05, 0.1) is 0 Å². The lowest BCUT2D eigenvalue weighted by atomic mass is 10.1. The number of carbonyl (C=O) groups is 1. The highest BCUT2D eigenvalue weighted by Crippen LogP contribution is 2.08. The fraction of sp³-hybridized carbons (Fsp3) is 0.688. The van der Waals surface area contributed by atoms with Gasteiger partial charge in [-0.2, -0.15) is 0 Å². The quantitative estimate of drug-likeness (QED) is 0.251. The number of hydrogen-bond donors (Lipinski definition) is 2. The molecule has 0 spiro atoms. The van der Waals surface area contributed by atoms with Crippen molar-refractivity contribution in [3.8, 4) is 0 Å². The number of amides is 1. The van der Waals surface area contributed by atoms with Crippen molar-refractivity contribution in [2.45, 2.75) is 58.3 Å². The van der Waals surface area contributed by atoms with Crippen molar-refractivity contribution >= 4 is 29.5 Å². The normalized spacial score (nSPS) is 10.5. The van der Waals surface area contributed by atoms with E-state index in [-0.39, 0.29) is 5.91 Å². The van der Waals surface area contributed by atoms with Gasteiger partial charge in [-0.1, -0.05) is 31.8 Å². The number of aliphatic imine (C=N–C) groups is 1. The summed E-state index contributed by atoms with van der Waals surface area (Å²) < 4.78 is 0. The average molecular weight is 311 g/mol. The van der Waals surface area contributed by atoms with E-state index in [1.54, 1.807) is 6.21 Å². The third kappa shape index (κ3) is 15.0. The first-order valence-electron chi connectivity index (χ1n) is 7.84. The van der Waals surface area contributed by atoms with E-state index >= 15 is 0 Å². The van der Waals surface area contributed by atoms with Crippen LogP contribution in [-0.2, 0) is 4.79 Å². The molecule has 0 saturated heterocycles. The lowest BCUT2D eigenvalue weighted by Crippen LogP contribution is -2.33. The van der Waals surface area contributed by atoms with Crippen LogP contribution in [0, 0.1) is 0 Å². The van der Waals surface area contributed by atoms with Crippen LogP contribution in [0.15, 0.2) is 17.6 Å². The zero-order chi connectivity index (χ0) is 15.8. The molecule has 5 heteroatoms. The monoisotopic (exact) mass is 311 g/mol. The van der Waals surface area contributed by atoms with E-state index in [0.29, 0.717) is 24.6 Å². The average Bonchev–Trinajstić information content (AvgIpc) is 2.47. The SMILES string of the molecule is C=CCCCCCCCCC(=O)NCCNC(=S)N=CC. The molecule has 0 heterocycles. The number of nitrogens with zero attached hydrogens (tertiary/aromatic N) is 1. The van der Waals surface area contributed by atoms with E-state index in [4.69, 9.17) is 12.2 Å². The summed E-state index contributed by atoms with van der Waals surface area (Å²) in [6, 6.07) is 0. The number of nitrogens with one attached hydrogen (secondary N) is 2. The topological polar surface area (TPSA) is 53.5 Å². The number of unbranched alkanes of at least 4 members (excludes halogenated alkanes) is 6. The third-order valence-electron chi connectivity index (χ3n) is 3.03. The Morgan fingerprint density at radius 2 is 1.71 bits per heavy atom. The number of hydrogen-bond acceptors (Lipinski definition) is 2. The van der Waals surface area contributed by atoms with Crippen LogP contribution in [0.5, 0.6) is 0 Å². The fourth-order valence-corrected chi connectivity index (χ4v) is 2.11. The molecule has 0 fully saturated rings. The summed E-state index contributed by atoms with van der Waals surface area (Å²) in [7, 11) is 0. The van der Waals surface area contributed by atoms with Crippen LogP contribution < -0.4 is 10.6 Å². The molecule has 0 aromatic carbocycles. The van der Waals surface area contributed by atoms with Crippen LogP contribution in [0.4, 0.5) is 0 Å². The molecular formula is C16H29N3OS. The second-order valence-electron chi connectivity index (χ2n) is 4.92. The van der Waals surface area contributed by atoms with Crippen LogP contribution in [-0.4, -0.2) is 30.3 Å². The highest BCUT2D eigenvalue weighted by atomic mass is 32.1. The van der Waals surface area contributed by atoms with Gasteiger partial charge in [0.15, 0.2) is 5.11 Å². The summed E-state index contributed by atoms with van der Waals surface area (Å²) in [5.74, 6) is 0.119. The van der Waals surface area contributed by atoms with Crippen molar-refractivity contribution in [2.24, 2.45) is 4.99 Å². The van der Waals surface area contributed by atoms with E-state index in [1.165, 1.54) is 25.7 Å². The number of allylic oxidation sites excluding steroid dienone is 1. The van der Waals surface area contributed by atoms with Crippen molar-refractivity contribution in [3.05, 3.63) is 12.7 Å². The minimum Gasteiger partial charge on any atom is -0.359 e. The first-order valence-corrected chi connectivity index (χ1v) is 8.25. The van der Waals surface area contributed by atoms with Crippen LogP contribution in [0.25, 0.3) is 0 Å². The van der Waals surface area contributed by atoms with E-state index in [1.807, 2.05) is 13.0 Å². The Bertz CT molecular complexity index is 329. The molecule has 1 amide bonds. The number of thiocarbonyl (C=S) groups is 1. The second-order valence-corrected chi connectivity index (χ2v) is 5.30. The maximum atomic E-state index is 11.6. The highest BCUT2D eigenvalue weighted by Gasteiger charge is 2.00. The zero-order valence-electron chi connectivity index (χ0n) is 13.2. The van der Waals surface area contributed by atoms with E-state index in [0.717, 1.165) is 19.3 Å². The molecule has 0 rings (SSSR count). The predicted octanol–water partition coefficient (Wildman–Crippen LogP) is 3.37. The van der Waals surface area contributed by atoms with Gasteiger partial charge in [-0.25, -0.2) is 4.99 Å². The zero-order valence-corrected chi connectivity index (χ0v) is 14.0. The lowest BCUT2D eigenvalue weighted by molar-refractivity contribution is -0.121. The summed E-state index contributed by atoms with van der Waals surface area (Å²) in [5, 5.41) is 6.29. The highest BCUT2D eigenvalue weighted by molar-refractivity contribution is 7.80. The van der Waals surface area contributed by atoms with Crippen LogP contribution in [0.3, 0.4) is 0 Å². The van der Waals surface area contributed by atoms with Gasteiger partial charge < -0.3 is 10.6 Å². The number of carbonyl (C=O) groups excluding carboxylic acids is 1. The van der Waals surface area contributed by atoms with Crippen molar-refractivity contribution in [3.63, 3.8) is 0 Å². The third-order valence-corrected chi connectivity index (χ3v) is 3.28. The summed E-state index contributed by atoms with van der Waals surface area (Å²) in [6.45, 7) is 6.73. The molecule has 0 unspecified atom stereocenters. The Labute approximate surface area is 134 Å². The Hall–Kier alpha value is -1.23. The van der Waals surface area contributed by atoms with E-state index < -0.39 is 0 Å². The molecule has 2 N–H and O–H groups in total. The van der Waals surface area contributed by atoms with Gasteiger partial charge in [-0.05, 0) is 38.4 Å². The van der Waals surface area contributed by atoms with Gasteiger partial charge in [0.1, 0.15) is 0 Å². The minimum atomic E-state index is 0.119. The molecule has 0 bridgehead atoms. The molecule has 4 nitrogen and oxygen atoms in total. The Morgan fingerprint density at radius 1 is 1.10 bits per heavy atom. The smallest absolute Gasteiger partial charge is 0.220 e. The second kappa shape index (κ2) is 15.2. The van der Waals surface area contributed by atoms with Crippen molar-refractivity contribution < 1.29 is 4.79 Å². The largest absolute Gasteiger partial charge is 0.359 e. The molecule has 0 aliphatic carbocycles. The summed E-state index contributed by atoms with van der Waals surface area (Å²) in [4.78, 5) is 15.5. The molecule has 120 valence electrons. The molecule has 0 aromatic heterocycles. The van der Waals surface area contributed by atoms with E-state index in [9.17, 15) is 4.79 Å². The van der Waals surface area contributed by atoms with Crippen LogP contribution in [0.1, 0.15) is 58.3 Å². The molecule has 0 aliphatic rings. The Kier molecular flexibility index (Phi) is 14.3. The summed E-state index contributed by atoms with van der Waals surface area (Å²) in [5.41, 5.74) is 0. The van der Waals surface area contributed by atoms with Gasteiger partial charge >= 0.3 is 0 Å². The first-order chi connectivity index (χ1) is 10.2. The molecular weight excluding hydrogens is 282 g/mol. The van der Waals surface area contributed by atoms with Crippen LogP contribution in [0.2, 0.25) is 0 Å². The standard InChI is InChI=1S/C16H29N3OS/c1-3-5-6-7-8-9-10-11-12-15(20)18-13-14-19-16(21)17-4-2/h3-4H,1,5-14H2,2H3,(H,18,20)(H,19,21). The molecule has 0 aliphatic heterocycles. The summed E-state index contributed by atoms with van der Waals surface area (Å²) >= 11 is 4.94.